The summed E-state index contributed by atoms with van der Waals surface area (Å²) in [5, 5.41) is 0. The lowest BCUT2D eigenvalue weighted by Crippen LogP contribution is -2.45. The number of benzene rings is 1. The van der Waals surface area contributed by atoms with E-state index >= 15 is 0 Å². The summed E-state index contributed by atoms with van der Waals surface area (Å²) in [6, 6.07) is 14.3. The average Bonchev–Trinajstić information content (AvgIpc) is 3.42. The van der Waals surface area contributed by atoms with Crippen molar-refractivity contribution in [2.75, 3.05) is 6.54 Å². The molecule has 0 atom stereocenters. The van der Waals surface area contributed by atoms with Crippen molar-refractivity contribution in [1.29, 1.82) is 0 Å². The fraction of sp³-hybridized carbons (Fsp3) is 0.455. The second-order valence-corrected chi connectivity index (χ2v) is 7.70. The zero-order valence-corrected chi connectivity index (χ0v) is 16.5. The van der Waals surface area contributed by atoms with Gasteiger partial charge < -0.3 is 14.4 Å². The molecule has 5 nitrogen and oxygen atoms in total. The molecule has 27 heavy (non-hydrogen) atoms. The van der Waals surface area contributed by atoms with Gasteiger partial charge in [0.2, 0.25) is 11.8 Å². The minimum absolute atomic E-state index is 0.000882. The quantitative estimate of drug-likeness (QED) is 0.719. The van der Waals surface area contributed by atoms with E-state index in [2.05, 4.69) is 0 Å². The fourth-order valence-corrected chi connectivity index (χ4v) is 3.24. The van der Waals surface area contributed by atoms with E-state index in [4.69, 9.17) is 0 Å². The van der Waals surface area contributed by atoms with Gasteiger partial charge in [0.15, 0.2) is 0 Å². The highest BCUT2D eigenvalue weighted by molar-refractivity contribution is 5.86. The molecule has 0 aliphatic heterocycles. The lowest BCUT2D eigenvalue weighted by molar-refractivity contribution is -0.143. The van der Waals surface area contributed by atoms with Crippen molar-refractivity contribution in [1.82, 2.24) is 14.4 Å². The summed E-state index contributed by atoms with van der Waals surface area (Å²) in [6.07, 6.45) is 3.99. The molecule has 1 saturated carbocycles. The summed E-state index contributed by atoms with van der Waals surface area (Å²) in [5.41, 5.74) is 2.17. The van der Waals surface area contributed by atoms with Gasteiger partial charge in [-0.05, 0) is 30.5 Å². The Labute approximate surface area is 161 Å². The molecular formula is C22H29N3O2. The number of aryl methyl sites for hydroxylation is 1. The van der Waals surface area contributed by atoms with Crippen LogP contribution in [-0.4, -0.2) is 38.8 Å². The van der Waals surface area contributed by atoms with Gasteiger partial charge >= 0.3 is 0 Å². The van der Waals surface area contributed by atoms with Crippen LogP contribution < -0.4 is 0 Å². The van der Waals surface area contributed by atoms with Crippen LogP contribution in [0.5, 0.6) is 0 Å². The van der Waals surface area contributed by atoms with E-state index in [1.807, 2.05) is 79.0 Å². The second-order valence-electron chi connectivity index (χ2n) is 7.70. The molecule has 0 radical (unpaired) electrons. The number of rotatable bonds is 8. The molecule has 0 spiro atoms. The van der Waals surface area contributed by atoms with Crippen molar-refractivity contribution in [3.8, 4) is 0 Å². The van der Waals surface area contributed by atoms with Crippen molar-refractivity contribution >= 4 is 11.8 Å². The Morgan fingerprint density at radius 2 is 1.78 bits per heavy atom. The van der Waals surface area contributed by atoms with Crippen LogP contribution in [0.3, 0.4) is 0 Å². The highest BCUT2D eigenvalue weighted by Gasteiger charge is 2.35. The van der Waals surface area contributed by atoms with Crippen molar-refractivity contribution in [2.45, 2.75) is 45.8 Å². The number of nitrogens with zero attached hydrogens (tertiary/aromatic N) is 3. The zero-order valence-electron chi connectivity index (χ0n) is 16.5. The molecule has 2 aromatic rings. The molecule has 1 aromatic carbocycles. The van der Waals surface area contributed by atoms with E-state index in [0.29, 0.717) is 13.1 Å². The molecule has 0 saturated heterocycles. The van der Waals surface area contributed by atoms with Crippen LogP contribution in [0.2, 0.25) is 0 Å². The van der Waals surface area contributed by atoms with Crippen LogP contribution in [0.15, 0.2) is 48.7 Å². The molecular weight excluding hydrogens is 338 g/mol. The molecule has 1 aliphatic rings. The SMILES string of the molecule is CC(C)C(=O)N(CC(=O)N(Cc1ccccc1)Cc1cccn1C)C1CC1. The normalized spacial score (nSPS) is 13.6. The largest absolute Gasteiger partial charge is 0.353 e. The average molecular weight is 367 g/mol. The van der Waals surface area contributed by atoms with E-state index in [0.717, 1.165) is 24.1 Å². The highest BCUT2D eigenvalue weighted by Crippen LogP contribution is 2.28. The van der Waals surface area contributed by atoms with Crippen molar-refractivity contribution in [3.05, 3.63) is 59.9 Å². The predicted octanol–water partition coefficient (Wildman–Crippen LogP) is 3.20. The first kappa shape index (κ1) is 19.2. The van der Waals surface area contributed by atoms with Gasteiger partial charge in [0.05, 0.1) is 6.54 Å². The molecule has 144 valence electrons. The van der Waals surface area contributed by atoms with E-state index in [1.165, 1.54) is 0 Å². The molecule has 2 amide bonds. The first-order valence-electron chi connectivity index (χ1n) is 9.68. The van der Waals surface area contributed by atoms with Gasteiger partial charge in [0, 0.05) is 37.4 Å². The zero-order chi connectivity index (χ0) is 19.4. The molecule has 1 fully saturated rings. The van der Waals surface area contributed by atoms with Gasteiger partial charge in [-0.1, -0.05) is 44.2 Å². The Morgan fingerprint density at radius 1 is 1.07 bits per heavy atom. The Bertz CT molecular complexity index is 778. The maximum Gasteiger partial charge on any atom is 0.242 e. The van der Waals surface area contributed by atoms with Gasteiger partial charge in [-0.3, -0.25) is 9.59 Å². The van der Waals surface area contributed by atoms with E-state index in [9.17, 15) is 9.59 Å². The van der Waals surface area contributed by atoms with Crippen molar-refractivity contribution < 1.29 is 9.59 Å². The highest BCUT2D eigenvalue weighted by atomic mass is 16.2. The molecule has 3 rings (SSSR count). The van der Waals surface area contributed by atoms with Crippen molar-refractivity contribution in [2.24, 2.45) is 13.0 Å². The fourth-order valence-electron chi connectivity index (χ4n) is 3.24. The molecule has 0 unspecified atom stereocenters. The molecule has 0 bridgehead atoms. The Morgan fingerprint density at radius 3 is 2.33 bits per heavy atom. The van der Waals surface area contributed by atoms with E-state index in [-0.39, 0.29) is 30.3 Å². The maximum absolute atomic E-state index is 13.2. The summed E-state index contributed by atoms with van der Waals surface area (Å²) in [6.45, 7) is 5.03. The Kier molecular flexibility index (Phi) is 5.99. The summed E-state index contributed by atoms with van der Waals surface area (Å²) in [5.74, 6) is -0.0147. The maximum atomic E-state index is 13.2. The Balaban J connectivity index is 1.77. The summed E-state index contributed by atoms with van der Waals surface area (Å²) in [7, 11) is 1.99. The standard InChI is InChI=1S/C22H29N3O2/c1-17(2)22(27)25(19-11-12-19)16-21(26)24(14-18-8-5-4-6-9-18)15-20-10-7-13-23(20)3/h4-10,13,17,19H,11-12,14-16H2,1-3H3. The number of hydrogen-bond donors (Lipinski definition) is 0. The van der Waals surface area contributed by atoms with Crippen LogP contribution in [-0.2, 0) is 29.7 Å². The van der Waals surface area contributed by atoms with Gasteiger partial charge in [-0.15, -0.1) is 0 Å². The number of amides is 2. The molecule has 1 aromatic heterocycles. The summed E-state index contributed by atoms with van der Waals surface area (Å²) in [4.78, 5) is 29.4. The topological polar surface area (TPSA) is 45.6 Å². The molecule has 1 aliphatic carbocycles. The summed E-state index contributed by atoms with van der Waals surface area (Å²) < 4.78 is 2.03. The number of hydrogen-bond acceptors (Lipinski definition) is 2. The second kappa shape index (κ2) is 8.42. The van der Waals surface area contributed by atoms with Gasteiger partial charge in [-0.25, -0.2) is 0 Å². The first-order valence-corrected chi connectivity index (χ1v) is 9.68. The van der Waals surface area contributed by atoms with Gasteiger partial charge in [0.1, 0.15) is 6.54 Å². The third-order valence-corrected chi connectivity index (χ3v) is 5.04. The molecule has 5 heteroatoms. The Hall–Kier alpha value is -2.56. The lowest BCUT2D eigenvalue weighted by Gasteiger charge is -2.29. The van der Waals surface area contributed by atoms with Crippen LogP contribution in [0.25, 0.3) is 0 Å². The minimum Gasteiger partial charge on any atom is -0.353 e. The van der Waals surface area contributed by atoms with Crippen molar-refractivity contribution in [3.63, 3.8) is 0 Å². The predicted molar refractivity (Wildman–Crippen MR) is 106 cm³/mol. The monoisotopic (exact) mass is 367 g/mol. The smallest absolute Gasteiger partial charge is 0.242 e. The van der Waals surface area contributed by atoms with Crippen LogP contribution >= 0.6 is 0 Å². The first-order chi connectivity index (χ1) is 13.0. The van der Waals surface area contributed by atoms with E-state index < -0.39 is 0 Å². The third-order valence-electron chi connectivity index (χ3n) is 5.04. The van der Waals surface area contributed by atoms with Gasteiger partial charge in [-0.2, -0.15) is 0 Å². The number of aromatic nitrogens is 1. The van der Waals surface area contributed by atoms with Crippen LogP contribution in [0, 0.1) is 5.92 Å². The van der Waals surface area contributed by atoms with Crippen LogP contribution in [0.4, 0.5) is 0 Å². The number of carbonyl (C=O) groups excluding carboxylic acids is 2. The lowest BCUT2D eigenvalue weighted by atomic mass is 10.1. The van der Waals surface area contributed by atoms with Crippen LogP contribution in [0.1, 0.15) is 37.9 Å². The molecule has 1 heterocycles. The molecule has 0 N–H and O–H groups in total. The van der Waals surface area contributed by atoms with Gasteiger partial charge in [0.25, 0.3) is 0 Å². The number of carbonyl (C=O) groups is 2. The summed E-state index contributed by atoms with van der Waals surface area (Å²) >= 11 is 0. The third kappa shape index (κ3) is 5.00. The minimum atomic E-state index is -0.0890. The van der Waals surface area contributed by atoms with E-state index in [1.54, 1.807) is 4.90 Å².